The number of aryl methyl sites for hydroxylation is 1. The van der Waals surface area contributed by atoms with Crippen LogP contribution in [0.2, 0.25) is 0 Å². The predicted octanol–water partition coefficient (Wildman–Crippen LogP) is 3.65. The summed E-state index contributed by atoms with van der Waals surface area (Å²) in [5.74, 6) is 0.194. The van der Waals surface area contributed by atoms with Crippen molar-refractivity contribution in [3.05, 3.63) is 62.4 Å². The maximum absolute atomic E-state index is 12.7. The maximum Gasteiger partial charge on any atom is 0.279 e. The Morgan fingerprint density at radius 3 is 2.93 bits per heavy atom. The summed E-state index contributed by atoms with van der Waals surface area (Å²) >= 11 is 4.78. The van der Waals surface area contributed by atoms with Crippen LogP contribution in [0.25, 0.3) is 0 Å². The Bertz CT molecular complexity index is 1030. The van der Waals surface area contributed by atoms with Gasteiger partial charge in [-0.1, -0.05) is 38.5 Å². The highest BCUT2D eigenvalue weighted by molar-refractivity contribution is 9.10. The fraction of sp³-hybridized carbons (Fsp3) is 0.222. The molecule has 0 spiro atoms. The summed E-state index contributed by atoms with van der Waals surface area (Å²) in [5, 5.41) is 6.95. The lowest BCUT2D eigenvalue weighted by molar-refractivity contribution is 0.0736. The van der Waals surface area contributed by atoms with E-state index >= 15 is 0 Å². The molecule has 4 rings (SSSR count). The number of aromatic nitrogens is 2. The second kappa shape index (κ2) is 7.24. The van der Waals surface area contributed by atoms with Gasteiger partial charge >= 0.3 is 0 Å². The summed E-state index contributed by atoms with van der Waals surface area (Å²) in [6.07, 6.45) is 0.657. The van der Waals surface area contributed by atoms with E-state index in [9.17, 15) is 9.59 Å². The molecule has 3 aromatic rings. The van der Waals surface area contributed by atoms with E-state index in [1.165, 1.54) is 11.3 Å². The van der Waals surface area contributed by atoms with Crippen LogP contribution in [0.3, 0.4) is 0 Å². The highest BCUT2D eigenvalue weighted by atomic mass is 79.9. The maximum atomic E-state index is 12.7. The molecule has 0 bridgehead atoms. The van der Waals surface area contributed by atoms with Crippen LogP contribution in [0.5, 0.6) is 0 Å². The largest absolute Gasteiger partial charge is 0.361 e. The minimum atomic E-state index is -0.361. The molecule has 1 aliphatic heterocycles. The number of halogens is 1. The average molecular weight is 447 g/mol. The monoisotopic (exact) mass is 446 g/mol. The SMILES string of the molecule is Cc1cc(C(=O)Nc2nc3c(s2)CN(C(=O)c2cccc(Br)c2)CC3)no1. The quantitative estimate of drug-likeness (QED) is 0.662. The Hall–Kier alpha value is -2.52. The number of thiazole rings is 1. The van der Waals surface area contributed by atoms with E-state index in [2.05, 4.69) is 31.4 Å². The molecule has 2 amide bonds. The minimum Gasteiger partial charge on any atom is -0.361 e. The highest BCUT2D eigenvalue weighted by Crippen LogP contribution is 2.29. The lowest BCUT2D eigenvalue weighted by Crippen LogP contribution is -2.35. The molecule has 1 aliphatic rings. The summed E-state index contributed by atoms with van der Waals surface area (Å²) in [5.41, 5.74) is 1.78. The van der Waals surface area contributed by atoms with Gasteiger partial charge in [-0.25, -0.2) is 4.98 Å². The summed E-state index contributed by atoms with van der Waals surface area (Å²) in [6, 6.07) is 8.93. The van der Waals surface area contributed by atoms with Crippen molar-refractivity contribution in [2.45, 2.75) is 19.9 Å². The van der Waals surface area contributed by atoms with Crippen molar-refractivity contribution < 1.29 is 14.1 Å². The molecular formula is C18H15BrN4O3S. The normalized spacial score (nSPS) is 13.3. The van der Waals surface area contributed by atoms with Crippen LogP contribution in [0.15, 0.2) is 39.3 Å². The molecule has 1 N–H and O–H groups in total. The molecule has 0 radical (unpaired) electrons. The van der Waals surface area contributed by atoms with Crippen molar-refractivity contribution >= 4 is 44.2 Å². The van der Waals surface area contributed by atoms with Crippen molar-refractivity contribution in [3.63, 3.8) is 0 Å². The highest BCUT2D eigenvalue weighted by Gasteiger charge is 2.25. The molecule has 138 valence electrons. The smallest absolute Gasteiger partial charge is 0.279 e. The van der Waals surface area contributed by atoms with Crippen molar-refractivity contribution in [2.75, 3.05) is 11.9 Å². The van der Waals surface area contributed by atoms with E-state index in [4.69, 9.17) is 4.52 Å². The van der Waals surface area contributed by atoms with Gasteiger partial charge in [0.25, 0.3) is 11.8 Å². The molecule has 0 saturated heterocycles. The van der Waals surface area contributed by atoms with E-state index in [-0.39, 0.29) is 17.5 Å². The van der Waals surface area contributed by atoms with Gasteiger partial charge in [-0.15, -0.1) is 0 Å². The number of hydrogen-bond acceptors (Lipinski definition) is 6. The fourth-order valence-corrected chi connectivity index (χ4v) is 4.28. The van der Waals surface area contributed by atoms with Gasteiger partial charge in [0.2, 0.25) is 0 Å². The third kappa shape index (κ3) is 3.79. The van der Waals surface area contributed by atoms with Crippen molar-refractivity contribution in [2.24, 2.45) is 0 Å². The van der Waals surface area contributed by atoms with Gasteiger partial charge in [-0.05, 0) is 25.1 Å². The van der Waals surface area contributed by atoms with Crippen LogP contribution in [-0.4, -0.2) is 33.4 Å². The number of benzene rings is 1. The number of fused-ring (bicyclic) bond motifs is 1. The number of rotatable bonds is 3. The standard InChI is InChI=1S/C18H15BrN4O3S/c1-10-7-14(22-26-10)16(24)21-18-20-13-5-6-23(9-15(13)27-18)17(25)11-3-2-4-12(19)8-11/h2-4,7-8H,5-6,9H2,1H3,(H,20,21,24). The van der Waals surface area contributed by atoms with E-state index in [1.54, 1.807) is 24.0 Å². The Labute approximate surface area is 167 Å². The Morgan fingerprint density at radius 2 is 2.19 bits per heavy atom. The van der Waals surface area contributed by atoms with E-state index < -0.39 is 0 Å². The minimum absolute atomic E-state index is 0.0148. The lowest BCUT2D eigenvalue weighted by atomic mass is 10.1. The molecule has 3 heterocycles. The van der Waals surface area contributed by atoms with Gasteiger partial charge in [-0.2, -0.15) is 0 Å². The van der Waals surface area contributed by atoms with Crippen molar-refractivity contribution in [3.8, 4) is 0 Å². The van der Waals surface area contributed by atoms with Crippen LogP contribution < -0.4 is 5.32 Å². The zero-order valence-corrected chi connectivity index (χ0v) is 16.8. The lowest BCUT2D eigenvalue weighted by Gasteiger charge is -2.26. The number of anilines is 1. The number of nitrogens with zero attached hydrogens (tertiary/aromatic N) is 3. The van der Waals surface area contributed by atoms with Gasteiger partial charge in [0.15, 0.2) is 10.8 Å². The third-order valence-corrected chi connectivity index (χ3v) is 5.66. The molecule has 0 unspecified atom stereocenters. The van der Waals surface area contributed by atoms with Gasteiger partial charge in [-0.3, -0.25) is 14.9 Å². The molecule has 2 aromatic heterocycles. The van der Waals surface area contributed by atoms with E-state index in [0.29, 0.717) is 36.0 Å². The first-order valence-corrected chi connectivity index (χ1v) is 9.88. The summed E-state index contributed by atoms with van der Waals surface area (Å²) < 4.78 is 5.79. The molecular weight excluding hydrogens is 432 g/mol. The van der Waals surface area contributed by atoms with E-state index in [0.717, 1.165) is 15.0 Å². The number of carbonyl (C=O) groups is 2. The Kier molecular flexibility index (Phi) is 4.79. The first-order chi connectivity index (χ1) is 13.0. The molecule has 0 fully saturated rings. The second-order valence-corrected chi connectivity index (χ2v) is 8.15. The molecule has 7 nitrogen and oxygen atoms in total. The molecule has 0 aliphatic carbocycles. The van der Waals surface area contributed by atoms with Crippen molar-refractivity contribution in [1.29, 1.82) is 0 Å². The van der Waals surface area contributed by atoms with Gasteiger partial charge in [0.05, 0.1) is 12.2 Å². The molecule has 0 saturated carbocycles. The predicted molar refractivity (Wildman–Crippen MR) is 104 cm³/mol. The molecule has 0 atom stereocenters. The average Bonchev–Trinajstić information content (AvgIpc) is 3.26. The van der Waals surface area contributed by atoms with Gasteiger partial charge in [0.1, 0.15) is 5.76 Å². The number of hydrogen-bond donors (Lipinski definition) is 1. The summed E-state index contributed by atoms with van der Waals surface area (Å²) in [6.45, 7) is 2.80. The van der Waals surface area contributed by atoms with Gasteiger partial charge < -0.3 is 9.42 Å². The van der Waals surface area contributed by atoms with Crippen molar-refractivity contribution in [1.82, 2.24) is 15.0 Å². The summed E-state index contributed by atoms with van der Waals surface area (Å²) in [4.78, 5) is 32.2. The van der Waals surface area contributed by atoms with Gasteiger partial charge in [0, 0.05) is 33.9 Å². The Morgan fingerprint density at radius 1 is 1.33 bits per heavy atom. The number of nitrogens with one attached hydrogen (secondary N) is 1. The van der Waals surface area contributed by atoms with Crippen LogP contribution in [0.1, 0.15) is 37.2 Å². The van der Waals surface area contributed by atoms with E-state index in [1.807, 2.05) is 18.2 Å². The van der Waals surface area contributed by atoms with Crippen LogP contribution in [0, 0.1) is 6.92 Å². The molecule has 1 aromatic carbocycles. The zero-order valence-electron chi connectivity index (χ0n) is 14.4. The molecule has 27 heavy (non-hydrogen) atoms. The third-order valence-electron chi connectivity index (χ3n) is 4.17. The first kappa shape index (κ1) is 17.9. The Balaban J connectivity index is 1.47. The van der Waals surface area contributed by atoms with Crippen LogP contribution >= 0.6 is 27.3 Å². The number of amides is 2. The zero-order chi connectivity index (χ0) is 19.0. The first-order valence-electron chi connectivity index (χ1n) is 8.27. The fourth-order valence-electron chi connectivity index (χ4n) is 2.86. The topological polar surface area (TPSA) is 88.3 Å². The van der Waals surface area contributed by atoms with Crippen LogP contribution in [0.4, 0.5) is 5.13 Å². The number of carbonyl (C=O) groups excluding carboxylic acids is 2. The second-order valence-electron chi connectivity index (χ2n) is 6.15. The summed E-state index contributed by atoms with van der Waals surface area (Å²) in [7, 11) is 0. The molecule has 9 heteroatoms. The van der Waals surface area contributed by atoms with Crippen LogP contribution in [-0.2, 0) is 13.0 Å².